The quantitative estimate of drug-likeness (QED) is 0.793. The molecule has 2 amide bonds. The summed E-state index contributed by atoms with van der Waals surface area (Å²) in [4.78, 5) is 23.5. The molecule has 0 aliphatic carbocycles. The molecule has 2 aromatic carbocycles. The number of rotatable bonds is 5. The molecule has 4 nitrogen and oxygen atoms in total. The first-order valence-electron chi connectivity index (χ1n) is 7.23. The fourth-order valence-electron chi connectivity index (χ4n) is 2.01. The van der Waals surface area contributed by atoms with E-state index in [0.717, 1.165) is 5.56 Å². The maximum atomic E-state index is 12.3. The van der Waals surface area contributed by atoms with Crippen LogP contribution >= 0.6 is 11.8 Å². The van der Waals surface area contributed by atoms with Crippen molar-refractivity contribution in [3.63, 3.8) is 0 Å². The predicted octanol–water partition coefficient (Wildman–Crippen LogP) is 3.59. The molecule has 8 heteroatoms. The summed E-state index contributed by atoms with van der Waals surface area (Å²) in [5, 5.41) is 5.19. The van der Waals surface area contributed by atoms with Crippen molar-refractivity contribution in [3.05, 3.63) is 65.2 Å². The molecule has 0 bridgehead atoms. The van der Waals surface area contributed by atoms with Crippen molar-refractivity contribution in [1.29, 1.82) is 0 Å². The third-order valence-electron chi connectivity index (χ3n) is 3.25. The van der Waals surface area contributed by atoms with Crippen LogP contribution in [0.4, 0.5) is 13.2 Å². The lowest BCUT2D eigenvalue weighted by Crippen LogP contribution is -2.23. The van der Waals surface area contributed by atoms with Crippen LogP contribution in [-0.2, 0) is 6.54 Å². The predicted molar refractivity (Wildman–Crippen MR) is 89.4 cm³/mol. The molecule has 132 valence electrons. The zero-order valence-electron chi connectivity index (χ0n) is 13.2. The van der Waals surface area contributed by atoms with Crippen LogP contribution in [0.15, 0.2) is 53.4 Å². The molecular formula is C17H15F3N2O2S. The first kappa shape index (κ1) is 18.9. The van der Waals surface area contributed by atoms with E-state index in [-0.39, 0.29) is 40.6 Å². The third kappa shape index (κ3) is 5.82. The summed E-state index contributed by atoms with van der Waals surface area (Å²) in [5.41, 5.74) is -2.78. The van der Waals surface area contributed by atoms with Gasteiger partial charge in [0.15, 0.2) is 0 Å². The summed E-state index contributed by atoms with van der Waals surface area (Å²) in [7, 11) is 1.54. The van der Waals surface area contributed by atoms with E-state index in [1.54, 1.807) is 24.3 Å². The van der Waals surface area contributed by atoms with E-state index in [1.807, 2.05) is 0 Å². The van der Waals surface area contributed by atoms with Gasteiger partial charge in [-0.15, -0.1) is 0 Å². The zero-order valence-corrected chi connectivity index (χ0v) is 14.0. The smallest absolute Gasteiger partial charge is 0.355 e. The number of nitrogens with one attached hydrogen (secondary N) is 2. The van der Waals surface area contributed by atoms with Gasteiger partial charge in [0.1, 0.15) is 0 Å². The topological polar surface area (TPSA) is 58.2 Å². The van der Waals surface area contributed by atoms with Gasteiger partial charge in [-0.3, -0.25) is 9.59 Å². The zero-order chi connectivity index (χ0) is 18.4. The van der Waals surface area contributed by atoms with Crippen molar-refractivity contribution in [3.8, 4) is 0 Å². The average Bonchev–Trinajstić information content (AvgIpc) is 2.58. The standard InChI is InChI=1S/C17H15F3N2O2S/c1-21-15(23)12-4-2-11(3-5-12)10-22-16(24)13-6-8-14(9-7-13)25-17(18,19)20/h2-9H,10H2,1H3,(H,21,23)(H,22,24). The Morgan fingerprint density at radius 3 is 1.96 bits per heavy atom. The maximum absolute atomic E-state index is 12.3. The second kappa shape index (κ2) is 8.06. The van der Waals surface area contributed by atoms with Crippen LogP contribution in [0.3, 0.4) is 0 Å². The molecule has 0 saturated heterocycles. The first-order chi connectivity index (χ1) is 11.8. The van der Waals surface area contributed by atoms with Crippen molar-refractivity contribution in [2.75, 3.05) is 7.05 Å². The fourth-order valence-corrected chi connectivity index (χ4v) is 2.55. The number of thioether (sulfide) groups is 1. The number of amides is 2. The molecule has 0 radical (unpaired) electrons. The SMILES string of the molecule is CNC(=O)c1ccc(CNC(=O)c2ccc(SC(F)(F)F)cc2)cc1. The summed E-state index contributed by atoms with van der Waals surface area (Å²) in [6, 6.07) is 11.9. The largest absolute Gasteiger partial charge is 0.446 e. The maximum Gasteiger partial charge on any atom is 0.446 e. The highest BCUT2D eigenvalue weighted by atomic mass is 32.2. The summed E-state index contributed by atoms with van der Waals surface area (Å²) >= 11 is -0.228. The van der Waals surface area contributed by atoms with Crippen LogP contribution in [0.5, 0.6) is 0 Å². The highest BCUT2D eigenvalue weighted by Gasteiger charge is 2.29. The van der Waals surface area contributed by atoms with E-state index in [2.05, 4.69) is 10.6 Å². The second-order valence-corrected chi connectivity index (χ2v) is 6.17. The second-order valence-electron chi connectivity index (χ2n) is 5.03. The van der Waals surface area contributed by atoms with E-state index < -0.39 is 5.51 Å². The van der Waals surface area contributed by atoms with Crippen molar-refractivity contribution < 1.29 is 22.8 Å². The minimum Gasteiger partial charge on any atom is -0.355 e. The third-order valence-corrected chi connectivity index (χ3v) is 3.99. The summed E-state index contributed by atoms with van der Waals surface area (Å²) in [5.74, 6) is -0.591. The van der Waals surface area contributed by atoms with Crippen molar-refractivity contribution in [2.45, 2.75) is 16.9 Å². The van der Waals surface area contributed by atoms with E-state index in [1.165, 1.54) is 31.3 Å². The lowest BCUT2D eigenvalue weighted by molar-refractivity contribution is -0.0328. The number of halogens is 3. The molecule has 2 N–H and O–H groups in total. The number of hydrogen-bond donors (Lipinski definition) is 2. The first-order valence-corrected chi connectivity index (χ1v) is 8.05. The Kier molecular flexibility index (Phi) is 6.08. The molecular weight excluding hydrogens is 353 g/mol. The molecule has 0 unspecified atom stereocenters. The number of carbonyl (C=O) groups excluding carboxylic acids is 2. The molecule has 0 fully saturated rings. The van der Waals surface area contributed by atoms with Gasteiger partial charge in [-0.25, -0.2) is 0 Å². The molecule has 0 spiro atoms. The van der Waals surface area contributed by atoms with Crippen LogP contribution in [0.25, 0.3) is 0 Å². The highest BCUT2D eigenvalue weighted by molar-refractivity contribution is 8.00. The van der Waals surface area contributed by atoms with E-state index in [0.29, 0.717) is 5.56 Å². The van der Waals surface area contributed by atoms with Gasteiger partial charge in [-0.05, 0) is 53.7 Å². The Labute approximate surface area is 146 Å². The molecule has 0 atom stereocenters. The Morgan fingerprint density at radius 2 is 1.44 bits per heavy atom. The van der Waals surface area contributed by atoms with Gasteiger partial charge in [-0.1, -0.05) is 12.1 Å². The molecule has 2 rings (SSSR count). The molecule has 0 aliphatic rings. The Hall–Kier alpha value is -2.48. The molecule has 0 aromatic heterocycles. The van der Waals surface area contributed by atoms with Crippen molar-refractivity contribution in [2.24, 2.45) is 0 Å². The molecule has 2 aromatic rings. The normalized spacial score (nSPS) is 11.0. The van der Waals surface area contributed by atoms with Crippen LogP contribution < -0.4 is 10.6 Å². The van der Waals surface area contributed by atoms with Gasteiger partial charge in [0.2, 0.25) is 0 Å². The van der Waals surface area contributed by atoms with E-state index in [9.17, 15) is 22.8 Å². The van der Waals surface area contributed by atoms with Crippen LogP contribution in [-0.4, -0.2) is 24.4 Å². The number of benzene rings is 2. The van der Waals surface area contributed by atoms with Crippen LogP contribution in [0.1, 0.15) is 26.3 Å². The van der Waals surface area contributed by atoms with Gasteiger partial charge >= 0.3 is 5.51 Å². The van der Waals surface area contributed by atoms with Crippen molar-refractivity contribution >= 4 is 23.6 Å². The van der Waals surface area contributed by atoms with Crippen LogP contribution in [0, 0.1) is 0 Å². The number of alkyl halides is 3. The Balaban J connectivity index is 1.92. The van der Waals surface area contributed by atoms with Gasteiger partial charge in [-0.2, -0.15) is 13.2 Å². The van der Waals surface area contributed by atoms with Gasteiger partial charge in [0, 0.05) is 29.6 Å². The summed E-state index contributed by atoms with van der Waals surface area (Å²) in [6.07, 6.45) is 0. The molecule has 0 saturated carbocycles. The molecule has 0 heterocycles. The van der Waals surface area contributed by atoms with Gasteiger partial charge in [0.25, 0.3) is 11.8 Å². The highest BCUT2D eigenvalue weighted by Crippen LogP contribution is 2.36. The minimum absolute atomic E-state index is 0.0221. The minimum atomic E-state index is -4.36. The lowest BCUT2D eigenvalue weighted by atomic mass is 10.1. The average molecular weight is 368 g/mol. The lowest BCUT2D eigenvalue weighted by Gasteiger charge is -2.08. The Bertz CT molecular complexity index is 744. The van der Waals surface area contributed by atoms with E-state index in [4.69, 9.17) is 0 Å². The monoisotopic (exact) mass is 368 g/mol. The summed E-state index contributed by atoms with van der Waals surface area (Å²) in [6.45, 7) is 0.242. The Morgan fingerprint density at radius 1 is 0.920 bits per heavy atom. The number of hydrogen-bond acceptors (Lipinski definition) is 3. The van der Waals surface area contributed by atoms with Gasteiger partial charge < -0.3 is 10.6 Å². The molecule has 25 heavy (non-hydrogen) atoms. The van der Waals surface area contributed by atoms with Crippen molar-refractivity contribution in [1.82, 2.24) is 10.6 Å². The van der Waals surface area contributed by atoms with E-state index >= 15 is 0 Å². The van der Waals surface area contributed by atoms with Gasteiger partial charge in [0.05, 0.1) is 0 Å². The fraction of sp³-hybridized carbons (Fsp3) is 0.176. The van der Waals surface area contributed by atoms with Crippen LogP contribution in [0.2, 0.25) is 0 Å². The summed E-state index contributed by atoms with van der Waals surface area (Å²) < 4.78 is 36.8. The molecule has 0 aliphatic heterocycles. The number of carbonyl (C=O) groups is 2.